The first-order valence-corrected chi connectivity index (χ1v) is 8.39. The molecule has 0 radical (unpaired) electrons. The molecule has 3 rings (SSSR count). The van der Waals surface area contributed by atoms with Crippen LogP contribution in [0, 0.1) is 27.7 Å². The highest BCUT2D eigenvalue weighted by atomic mass is 35.5. The Labute approximate surface area is 148 Å². The average molecular weight is 337 g/mol. The van der Waals surface area contributed by atoms with Crippen LogP contribution in [0.2, 0.25) is 5.02 Å². The lowest BCUT2D eigenvalue weighted by molar-refractivity contribution is 0.960. The van der Waals surface area contributed by atoms with E-state index in [0.717, 1.165) is 11.3 Å². The number of benzene rings is 2. The van der Waals surface area contributed by atoms with Gasteiger partial charge >= 0.3 is 0 Å². The van der Waals surface area contributed by atoms with Crippen molar-refractivity contribution >= 4 is 23.5 Å². The SMILES string of the molecule is Cc1cc(C)cc(-n2c(C)cc(C=Nc3cccc(Cl)c3)c2C)c1. The largest absolute Gasteiger partial charge is 0.318 e. The van der Waals surface area contributed by atoms with Crippen molar-refractivity contribution in [2.24, 2.45) is 4.99 Å². The molecular weight excluding hydrogens is 316 g/mol. The molecule has 1 heterocycles. The minimum Gasteiger partial charge on any atom is -0.318 e. The third-order valence-electron chi connectivity index (χ3n) is 4.10. The first kappa shape index (κ1) is 16.5. The van der Waals surface area contributed by atoms with Gasteiger partial charge in [-0.25, -0.2) is 0 Å². The van der Waals surface area contributed by atoms with Gasteiger partial charge in [0.05, 0.1) is 5.69 Å². The summed E-state index contributed by atoms with van der Waals surface area (Å²) in [5, 5.41) is 0.699. The van der Waals surface area contributed by atoms with Crippen molar-refractivity contribution in [3.63, 3.8) is 0 Å². The molecule has 0 unspecified atom stereocenters. The number of aliphatic imine (C=N–C) groups is 1. The predicted octanol–water partition coefficient (Wildman–Crippen LogP) is 6.11. The third kappa shape index (κ3) is 3.44. The quantitative estimate of drug-likeness (QED) is 0.513. The topological polar surface area (TPSA) is 17.3 Å². The molecule has 0 fully saturated rings. The van der Waals surface area contributed by atoms with E-state index in [4.69, 9.17) is 11.6 Å². The van der Waals surface area contributed by atoms with Gasteiger partial charge in [0.1, 0.15) is 0 Å². The lowest BCUT2D eigenvalue weighted by Gasteiger charge is -2.11. The molecule has 0 aliphatic heterocycles. The smallest absolute Gasteiger partial charge is 0.0644 e. The van der Waals surface area contributed by atoms with E-state index in [1.54, 1.807) is 0 Å². The maximum absolute atomic E-state index is 6.02. The molecule has 2 aromatic carbocycles. The lowest BCUT2D eigenvalue weighted by atomic mass is 10.1. The van der Waals surface area contributed by atoms with Crippen LogP contribution in [-0.4, -0.2) is 10.8 Å². The van der Waals surface area contributed by atoms with Crippen LogP contribution in [0.4, 0.5) is 5.69 Å². The molecule has 0 N–H and O–H groups in total. The minimum absolute atomic E-state index is 0.699. The van der Waals surface area contributed by atoms with E-state index in [1.165, 1.54) is 28.2 Å². The summed E-state index contributed by atoms with van der Waals surface area (Å²) < 4.78 is 2.28. The molecule has 0 aliphatic rings. The van der Waals surface area contributed by atoms with Crippen molar-refractivity contribution in [3.05, 3.63) is 81.6 Å². The Morgan fingerprint density at radius 1 is 0.917 bits per heavy atom. The second-order valence-electron chi connectivity index (χ2n) is 6.25. The number of hydrogen-bond acceptors (Lipinski definition) is 1. The second kappa shape index (κ2) is 6.66. The fourth-order valence-corrected chi connectivity index (χ4v) is 3.28. The van der Waals surface area contributed by atoms with Gasteiger partial charge in [-0.1, -0.05) is 23.7 Å². The van der Waals surface area contributed by atoms with Crippen LogP contribution < -0.4 is 0 Å². The van der Waals surface area contributed by atoms with Gasteiger partial charge in [-0.15, -0.1) is 0 Å². The Morgan fingerprint density at radius 2 is 1.62 bits per heavy atom. The minimum atomic E-state index is 0.699. The summed E-state index contributed by atoms with van der Waals surface area (Å²) in [6.07, 6.45) is 1.91. The van der Waals surface area contributed by atoms with Crippen LogP contribution in [0.3, 0.4) is 0 Å². The summed E-state index contributed by atoms with van der Waals surface area (Å²) in [6.45, 7) is 8.52. The molecule has 122 valence electrons. The number of hydrogen-bond donors (Lipinski definition) is 0. The summed E-state index contributed by atoms with van der Waals surface area (Å²) in [5.41, 5.74) is 8.10. The Morgan fingerprint density at radius 3 is 2.29 bits per heavy atom. The van der Waals surface area contributed by atoms with Crippen molar-refractivity contribution in [1.29, 1.82) is 0 Å². The van der Waals surface area contributed by atoms with E-state index in [-0.39, 0.29) is 0 Å². The summed E-state index contributed by atoms with van der Waals surface area (Å²) in [5.74, 6) is 0. The zero-order valence-corrected chi connectivity index (χ0v) is 15.2. The summed E-state index contributed by atoms with van der Waals surface area (Å²) >= 11 is 6.02. The van der Waals surface area contributed by atoms with E-state index in [1.807, 2.05) is 30.5 Å². The molecule has 0 aliphatic carbocycles. The fraction of sp³-hybridized carbons (Fsp3) is 0.190. The van der Waals surface area contributed by atoms with Crippen molar-refractivity contribution in [2.45, 2.75) is 27.7 Å². The van der Waals surface area contributed by atoms with E-state index < -0.39 is 0 Å². The van der Waals surface area contributed by atoms with Gasteiger partial charge < -0.3 is 4.57 Å². The standard InChI is InChI=1S/C21H21ClN2/c1-14-8-15(2)10-21(9-14)24-16(3)11-18(17(24)4)13-23-20-7-5-6-19(22)12-20/h5-13H,1-4H3. The predicted molar refractivity (Wildman–Crippen MR) is 103 cm³/mol. The van der Waals surface area contributed by atoms with Crippen LogP contribution in [-0.2, 0) is 0 Å². The van der Waals surface area contributed by atoms with Gasteiger partial charge in [0.2, 0.25) is 0 Å². The van der Waals surface area contributed by atoms with Gasteiger partial charge in [-0.3, -0.25) is 4.99 Å². The summed E-state index contributed by atoms with van der Waals surface area (Å²) in [4.78, 5) is 4.56. The molecule has 24 heavy (non-hydrogen) atoms. The zero-order valence-electron chi connectivity index (χ0n) is 14.5. The molecule has 0 spiro atoms. The molecule has 2 nitrogen and oxygen atoms in total. The second-order valence-corrected chi connectivity index (χ2v) is 6.68. The number of halogens is 1. The van der Waals surface area contributed by atoms with Gasteiger partial charge in [0, 0.05) is 33.9 Å². The molecule has 0 saturated carbocycles. The third-order valence-corrected chi connectivity index (χ3v) is 4.33. The van der Waals surface area contributed by atoms with Crippen LogP contribution in [0.5, 0.6) is 0 Å². The van der Waals surface area contributed by atoms with Crippen molar-refractivity contribution < 1.29 is 0 Å². The highest BCUT2D eigenvalue weighted by Crippen LogP contribution is 2.23. The van der Waals surface area contributed by atoms with E-state index in [9.17, 15) is 0 Å². The number of nitrogens with zero attached hydrogens (tertiary/aromatic N) is 2. The number of aryl methyl sites for hydroxylation is 3. The molecular formula is C21H21ClN2. The zero-order chi connectivity index (χ0) is 17.3. The highest BCUT2D eigenvalue weighted by Gasteiger charge is 2.10. The first-order chi connectivity index (χ1) is 11.4. The van der Waals surface area contributed by atoms with Crippen LogP contribution >= 0.6 is 11.6 Å². The maximum atomic E-state index is 6.02. The number of aromatic nitrogens is 1. The van der Waals surface area contributed by atoms with E-state index in [2.05, 4.69) is 61.5 Å². The monoisotopic (exact) mass is 336 g/mol. The van der Waals surface area contributed by atoms with Crippen molar-refractivity contribution in [3.8, 4) is 5.69 Å². The Balaban J connectivity index is 2.00. The van der Waals surface area contributed by atoms with E-state index >= 15 is 0 Å². The Kier molecular flexibility index (Phi) is 4.59. The van der Waals surface area contributed by atoms with Crippen molar-refractivity contribution in [2.75, 3.05) is 0 Å². The molecule has 1 aromatic heterocycles. The first-order valence-electron chi connectivity index (χ1n) is 8.01. The molecule has 0 saturated heterocycles. The normalized spacial score (nSPS) is 11.4. The Bertz CT molecular complexity index is 899. The van der Waals surface area contributed by atoms with Crippen LogP contribution in [0.1, 0.15) is 28.1 Å². The lowest BCUT2D eigenvalue weighted by Crippen LogP contribution is -2.00. The molecule has 3 aromatic rings. The maximum Gasteiger partial charge on any atom is 0.0644 e. The van der Waals surface area contributed by atoms with Crippen LogP contribution in [0.25, 0.3) is 5.69 Å². The summed E-state index contributed by atoms with van der Waals surface area (Å²) in [6, 6.07) is 16.4. The van der Waals surface area contributed by atoms with Gasteiger partial charge in [0.25, 0.3) is 0 Å². The van der Waals surface area contributed by atoms with Gasteiger partial charge in [-0.2, -0.15) is 0 Å². The molecule has 0 amide bonds. The number of rotatable bonds is 3. The van der Waals surface area contributed by atoms with Crippen LogP contribution in [0.15, 0.2) is 53.5 Å². The van der Waals surface area contributed by atoms with E-state index in [0.29, 0.717) is 5.02 Å². The molecule has 0 atom stereocenters. The van der Waals surface area contributed by atoms with Crippen molar-refractivity contribution in [1.82, 2.24) is 4.57 Å². The van der Waals surface area contributed by atoms with Gasteiger partial charge in [-0.05, 0) is 75.2 Å². The fourth-order valence-electron chi connectivity index (χ4n) is 3.10. The van der Waals surface area contributed by atoms with Gasteiger partial charge in [0.15, 0.2) is 0 Å². The summed E-state index contributed by atoms with van der Waals surface area (Å²) in [7, 11) is 0. The molecule has 0 bridgehead atoms. The Hall–Kier alpha value is -2.32. The highest BCUT2D eigenvalue weighted by molar-refractivity contribution is 6.30. The average Bonchev–Trinajstić information content (AvgIpc) is 2.78. The molecule has 3 heteroatoms.